The fourth-order valence-electron chi connectivity index (χ4n) is 2.75. The van der Waals surface area contributed by atoms with Crippen LogP contribution in [0.2, 0.25) is 0 Å². The first kappa shape index (κ1) is 23.2. The number of nitro benzene ring substituents is 1. The summed E-state index contributed by atoms with van der Waals surface area (Å²) in [6.07, 6.45) is 1.31. The fourth-order valence-corrected chi connectivity index (χ4v) is 3.68. The van der Waals surface area contributed by atoms with Gasteiger partial charge in [0.1, 0.15) is 22.3 Å². The first-order valence-electron chi connectivity index (χ1n) is 9.51. The highest BCUT2D eigenvalue weighted by molar-refractivity contribution is 7.87. The summed E-state index contributed by atoms with van der Waals surface area (Å²) in [5.41, 5.74) is 0.824. The lowest BCUT2D eigenvalue weighted by Crippen LogP contribution is -2.23. The Balaban J connectivity index is 1.74. The molecule has 9 nitrogen and oxygen atoms in total. The van der Waals surface area contributed by atoms with Crippen LogP contribution in [0.1, 0.15) is 11.1 Å². The van der Waals surface area contributed by atoms with Crippen molar-refractivity contribution < 1.29 is 22.3 Å². The summed E-state index contributed by atoms with van der Waals surface area (Å²) in [5.74, 6) is -0.629. The van der Waals surface area contributed by atoms with E-state index < -0.39 is 20.9 Å². The molecule has 0 saturated heterocycles. The first-order valence-corrected chi connectivity index (χ1v) is 10.9. The molecule has 0 spiro atoms. The van der Waals surface area contributed by atoms with Crippen LogP contribution in [0.15, 0.2) is 89.3 Å². The Hall–Kier alpha value is -4.49. The second-order valence-corrected chi connectivity index (χ2v) is 8.25. The molecule has 0 radical (unpaired) electrons. The van der Waals surface area contributed by atoms with Gasteiger partial charge in [-0.15, -0.1) is 0 Å². The molecule has 1 amide bonds. The lowest BCUT2D eigenvalue weighted by atomic mass is 10.1. The van der Waals surface area contributed by atoms with Crippen molar-refractivity contribution in [1.82, 2.24) is 5.32 Å². The Morgan fingerprint density at radius 3 is 2.39 bits per heavy atom. The van der Waals surface area contributed by atoms with E-state index in [1.807, 2.05) is 36.4 Å². The van der Waals surface area contributed by atoms with E-state index in [1.54, 1.807) is 6.07 Å². The summed E-state index contributed by atoms with van der Waals surface area (Å²) < 4.78 is 30.1. The predicted octanol–water partition coefficient (Wildman–Crippen LogP) is 3.59. The Morgan fingerprint density at radius 1 is 1.06 bits per heavy atom. The van der Waals surface area contributed by atoms with E-state index in [1.165, 1.54) is 24.3 Å². The zero-order valence-corrected chi connectivity index (χ0v) is 17.9. The largest absolute Gasteiger partial charge is 0.379 e. The molecule has 0 heterocycles. The van der Waals surface area contributed by atoms with Gasteiger partial charge in [0.05, 0.1) is 4.92 Å². The fraction of sp³-hybridized carbons (Fsp3) is 0.0435. The number of hydrogen-bond donors (Lipinski definition) is 1. The summed E-state index contributed by atoms with van der Waals surface area (Å²) in [7, 11) is -4.25. The van der Waals surface area contributed by atoms with Crippen molar-refractivity contribution in [3.8, 4) is 11.8 Å². The molecule has 0 aromatic heterocycles. The maximum atomic E-state index is 12.5. The molecule has 0 aliphatic rings. The minimum Gasteiger partial charge on any atom is -0.379 e. The molecule has 0 atom stereocenters. The third kappa shape index (κ3) is 6.25. The average molecular weight is 463 g/mol. The van der Waals surface area contributed by atoms with Crippen molar-refractivity contribution in [3.63, 3.8) is 0 Å². The zero-order chi connectivity index (χ0) is 23.8. The highest BCUT2D eigenvalue weighted by Gasteiger charge is 2.18. The quantitative estimate of drug-likeness (QED) is 0.177. The zero-order valence-electron chi connectivity index (χ0n) is 17.0. The molecule has 0 unspecified atom stereocenters. The molecule has 0 aliphatic carbocycles. The second-order valence-electron chi connectivity index (χ2n) is 6.70. The number of hydrogen-bond acceptors (Lipinski definition) is 7. The van der Waals surface area contributed by atoms with Gasteiger partial charge in [-0.25, -0.2) is 0 Å². The third-order valence-electron chi connectivity index (χ3n) is 4.37. The molecule has 0 aliphatic heterocycles. The summed E-state index contributed by atoms with van der Waals surface area (Å²) in [6, 6.07) is 21.1. The predicted molar refractivity (Wildman–Crippen MR) is 119 cm³/mol. The van der Waals surface area contributed by atoms with Crippen molar-refractivity contribution in [3.05, 3.63) is 106 Å². The average Bonchev–Trinajstić information content (AvgIpc) is 2.81. The Bertz CT molecular complexity index is 1340. The molecule has 3 aromatic rings. The van der Waals surface area contributed by atoms with Crippen LogP contribution in [0.25, 0.3) is 6.08 Å². The Kier molecular flexibility index (Phi) is 7.17. The second kappa shape index (κ2) is 10.2. The highest BCUT2D eigenvalue weighted by atomic mass is 32.2. The molecule has 33 heavy (non-hydrogen) atoms. The van der Waals surface area contributed by atoms with Crippen LogP contribution < -0.4 is 9.50 Å². The van der Waals surface area contributed by atoms with Gasteiger partial charge in [0.15, 0.2) is 0 Å². The van der Waals surface area contributed by atoms with Gasteiger partial charge < -0.3 is 9.50 Å². The number of benzene rings is 3. The van der Waals surface area contributed by atoms with Gasteiger partial charge in [0, 0.05) is 18.7 Å². The first-order chi connectivity index (χ1) is 15.8. The van der Waals surface area contributed by atoms with Gasteiger partial charge >= 0.3 is 10.1 Å². The number of carbonyl (C=O) groups excluding carboxylic acids is 1. The van der Waals surface area contributed by atoms with Crippen LogP contribution in [0, 0.1) is 21.4 Å². The maximum absolute atomic E-state index is 12.5. The minimum atomic E-state index is -4.25. The standard InChI is InChI=1S/C23H17N3O6S/c24-15-19(23(27)25-16-17-5-2-1-3-6-17)13-18-7-4-8-21(14-18)32-33(30,31)22-11-9-20(10-12-22)26(28)29/h1-14H,16H2,(H,25,27)/b19-13+. The summed E-state index contributed by atoms with van der Waals surface area (Å²) in [6.45, 7) is 0.245. The highest BCUT2D eigenvalue weighted by Crippen LogP contribution is 2.22. The van der Waals surface area contributed by atoms with E-state index >= 15 is 0 Å². The molecule has 0 fully saturated rings. The van der Waals surface area contributed by atoms with Crippen LogP contribution in [-0.4, -0.2) is 19.2 Å². The van der Waals surface area contributed by atoms with Gasteiger partial charge in [0.2, 0.25) is 0 Å². The van der Waals surface area contributed by atoms with Crippen molar-refractivity contribution in [2.75, 3.05) is 0 Å². The topological polar surface area (TPSA) is 139 Å². The molecule has 1 N–H and O–H groups in total. The minimum absolute atomic E-state index is 0.0518. The molecule has 166 valence electrons. The van der Waals surface area contributed by atoms with Crippen molar-refractivity contribution in [1.29, 1.82) is 5.26 Å². The smallest absolute Gasteiger partial charge is 0.339 e. The number of nitrogens with zero attached hydrogens (tertiary/aromatic N) is 2. The molecule has 3 rings (SSSR count). The van der Waals surface area contributed by atoms with Gasteiger partial charge in [-0.05, 0) is 41.5 Å². The number of nitriles is 1. The summed E-state index contributed by atoms with van der Waals surface area (Å²) in [5, 5.41) is 22.8. The van der Waals surface area contributed by atoms with Crippen molar-refractivity contribution in [2.24, 2.45) is 0 Å². The summed E-state index contributed by atoms with van der Waals surface area (Å²) >= 11 is 0. The van der Waals surface area contributed by atoms with Crippen LogP contribution in [0.3, 0.4) is 0 Å². The molecule has 0 saturated carbocycles. The number of nitro groups is 1. The van der Waals surface area contributed by atoms with Gasteiger partial charge in [-0.1, -0.05) is 42.5 Å². The lowest BCUT2D eigenvalue weighted by Gasteiger charge is -2.08. The number of carbonyl (C=O) groups is 1. The SMILES string of the molecule is N#C/C(=C\c1cccc(OS(=O)(=O)c2ccc([N+](=O)[O-])cc2)c1)C(=O)NCc1ccccc1. The Morgan fingerprint density at radius 2 is 1.76 bits per heavy atom. The summed E-state index contributed by atoms with van der Waals surface area (Å²) in [4.78, 5) is 22.2. The van der Waals surface area contributed by atoms with Crippen molar-refractivity contribution in [2.45, 2.75) is 11.4 Å². The normalized spacial score (nSPS) is 11.3. The lowest BCUT2D eigenvalue weighted by molar-refractivity contribution is -0.384. The molecule has 0 bridgehead atoms. The van der Waals surface area contributed by atoms with Crippen LogP contribution in [0.4, 0.5) is 5.69 Å². The molecule has 3 aromatic carbocycles. The van der Waals surface area contributed by atoms with Gasteiger partial charge in [0.25, 0.3) is 11.6 Å². The molecular formula is C23H17N3O6S. The number of nitrogens with one attached hydrogen (secondary N) is 1. The van der Waals surface area contributed by atoms with Crippen LogP contribution in [-0.2, 0) is 21.5 Å². The number of rotatable bonds is 8. The number of amides is 1. The van der Waals surface area contributed by atoms with E-state index in [2.05, 4.69) is 5.32 Å². The van der Waals surface area contributed by atoms with Gasteiger partial charge in [-0.2, -0.15) is 13.7 Å². The molecular weight excluding hydrogens is 446 g/mol. The monoisotopic (exact) mass is 463 g/mol. The maximum Gasteiger partial charge on any atom is 0.339 e. The van der Waals surface area contributed by atoms with E-state index in [-0.39, 0.29) is 28.5 Å². The van der Waals surface area contributed by atoms with Crippen LogP contribution in [0.5, 0.6) is 5.75 Å². The number of non-ortho nitro benzene ring substituents is 1. The van der Waals surface area contributed by atoms with Crippen molar-refractivity contribution >= 4 is 27.8 Å². The Labute approximate surface area is 189 Å². The van der Waals surface area contributed by atoms with E-state index in [0.29, 0.717) is 5.56 Å². The van der Waals surface area contributed by atoms with E-state index in [9.17, 15) is 28.6 Å². The molecule has 10 heteroatoms. The van der Waals surface area contributed by atoms with E-state index in [0.717, 1.165) is 29.8 Å². The van der Waals surface area contributed by atoms with E-state index in [4.69, 9.17) is 4.18 Å². The van der Waals surface area contributed by atoms with Gasteiger partial charge in [-0.3, -0.25) is 14.9 Å². The van der Waals surface area contributed by atoms with Crippen LogP contribution >= 0.6 is 0 Å². The third-order valence-corrected chi connectivity index (χ3v) is 5.63.